The molecule has 3 aromatic carbocycles. The highest BCUT2D eigenvalue weighted by Crippen LogP contribution is 2.38. The monoisotopic (exact) mass is 485 g/mol. The molecule has 1 aliphatic heterocycles. The fraction of sp³-hybridized carbons (Fsp3) is 0.111. The highest BCUT2D eigenvalue weighted by molar-refractivity contribution is 6.31. The van der Waals surface area contributed by atoms with E-state index in [4.69, 9.17) is 26.1 Å². The molecule has 0 fully saturated rings. The lowest BCUT2D eigenvalue weighted by Gasteiger charge is -2.21. The minimum atomic E-state index is -0.859. The molecule has 1 amide bonds. The second-order valence-corrected chi connectivity index (χ2v) is 8.39. The van der Waals surface area contributed by atoms with E-state index in [0.29, 0.717) is 10.6 Å². The number of esters is 1. The molecular weight excluding hydrogens is 466 g/mol. The molecule has 0 N–H and O–H groups in total. The van der Waals surface area contributed by atoms with Gasteiger partial charge < -0.3 is 9.47 Å². The highest BCUT2D eigenvalue weighted by Gasteiger charge is 2.36. The number of aromatic nitrogens is 1. The van der Waals surface area contributed by atoms with Crippen LogP contribution in [0, 0.1) is 0 Å². The van der Waals surface area contributed by atoms with E-state index < -0.39 is 12.2 Å². The Morgan fingerprint density at radius 2 is 1.71 bits per heavy atom. The summed E-state index contributed by atoms with van der Waals surface area (Å²) >= 11 is 6.21. The first-order chi connectivity index (χ1) is 16.9. The van der Waals surface area contributed by atoms with Gasteiger partial charge in [0.05, 0.1) is 16.8 Å². The SMILES string of the molecule is CC(=O)Oc1ccc(Cl)cc1C1=NN(C(C)=O)[C@@H](c2cc(-c3ccccc3)nc3ccccc23)O1. The molecular formula is C27H20ClN3O4. The number of para-hydroxylation sites is 1. The van der Waals surface area contributed by atoms with Crippen LogP contribution in [0.15, 0.2) is 84.0 Å². The Morgan fingerprint density at radius 1 is 0.971 bits per heavy atom. The summed E-state index contributed by atoms with van der Waals surface area (Å²) in [6, 6.07) is 24.1. The zero-order chi connectivity index (χ0) is 24.5. The number of benzene rings is 3. The first-order valence-corrected chi connectivity index (χ1v) is 11.3. The fourth-order valence-electron chi connectivity index (χ4n) is 3.95. The number of nitrogens with zero attached hydrogens (tertiary/aromatic N) is 3. The first kappa shape index (κ1) is 22.6. The minimum Gasteiger partial charge on any atom is -0.446 e. The van der Waals surface area contributed by atoms with E-state index >= 15 is 0 Å². The third-order valence-electron chi connectivity index (χ3n) is 5.48. The van der Waals surface area contributed by atoms with Crippen molar-refractivity contribution in [2.75, 3.05) is 0 Å². The van der Waals surface area contributed by atoms with Gasteiger partial charge in [0.15, 0.2) is 0 Å². The third-order valence-corrected chi connectivity index (χ3v) is 5.71. The lowest BCUT2D eigenvalue weighted by atomic mass is 10.0. The standard InChI is InChI=1S/C27H20ClN3O4/c1-16(32)31-27(35-26(30-31)22-14-19(28)12-13-25(22)34-17(2)33)21-15-24(18-8-4-3-5-9-18)29-23-11-7-6-10-20(21)23/h3-15,27H,1-2H3/t27-/m1/s1. The fourth-order valence-corrected chi connectivity index (χ4v) is 4.13. The van der Waals surface area contributed by atoms with Gasteiger partial charge in [0.2, 0.25) is 18.0 Å². The highest BCUT2D eigenvalue weighted by atomic mass is 35.5. The van der Waals surface area contributed by atoms with Crippen LogP contribution in [0.1, 0.15) is 31.2 Å². The number of hydrogen-bond donors (Lipinski definition) is 0. The van der Waals surface area contributed by atoms with Gasteiger partial charge in [-0.1, -0.05) is 60.1 Å². The van der Waals surface area contributed by atoms with E-state index in [1.807, 2.05) is 60.7 Å². The molecule has 8 heteroatoms. The van der Waals surface area contributed by atoms with Crippen LogP contribution in [0.4, 0.5) is 0 Å². The van der Waals surface area contributed by atoms with Crippen molar-refractivity contribution < 1.29 is 19.1 Å². The number of hydrazone groups is 1. The zero-order valence-electron chi connectivity index (χ0n) is 18.9. The molecule has 4 aromatic rings. The van der Waals surface area contributed by atoms with Crippen LogP contribution in [0.3, 0.4) is 0 Å². The number of halogens is 1. The predicted octanol–water partition coefficient (Wildman–Crippen LogP) is 5.72. The minimum absolute atomic E-state index is 0.117. The molecule has 0 saturated heterocycles. The van der Waals surface area contributed by atoms with Crippen LogP contribution >= 0.6 is 11.6 Å². The van der Waals surface area contributed by atoms with Crippen LogP contribution in [-0.2, 0) is 14.3 Å². The second kappa shape index (κ2) is 9.19. The molecule has 35 heavy (non-hydrogen) atoms. The molecule has 0 spiro atoms. The van der Waals surface area contributed by atoms with Gasteiger partial charge in [-0.05, 0) is 30.3 Å². The summed E-state index contributed by atoms with van der Waals surface area (Å²) in [5, 5.41) is 6.94. The van der Waals surface area contributed by atoms with Gasteiger partial charge in [-0.2, -0.15) is 5.01 Å². The molecule has 5 rings (SSSR count). The first-order valence-electron chi connectivity index (χ1n) is 10.9. The number of fused-ring (bicyclic) bond motifs is 1. The average Bonchev–Trinajstić information content (AvgIpc) is 3.30. The third kappa shape index (κ3) is 4.46. The van der Waals surface area contributed by atoms with Crippen LogP contribution in [0.25, 0.3) is 22.2 Å². The lowest BCUT2D eigenvalue weighted by Crippen LogP contribution is -2.25. The molecule has 0 aliphatic carbocycles. The van der Waals surface area contributed by atoms with Gasteiger partial charge >= 0.3 is 5.97 Å². The van der Waals surface area contributed by atoms with E-state index in [9.17, 15) is 9.59 Å². The van der Waals surface area contributed by atoms with Gasteiger partial charge in [0.1, 0.15) is 5.75 Å². The Bertz CT molecular complexity index is 1490. The molecule has 0 unspecified atom stereocenters. The summed E-state index contributed by atoms with van der Waals surface area (Å²) in [6.07, 6.45) is -0.859. The van der Waals surface area contributed by atoms with Gasteiger partial charge in [0, 0.05) is 35.4 Å². The van der Waals surface area contributed by atoms with Crippen molar-refractivity contribution in [3.05, 3.63) is 95.0 Å². The van der Waals surface area contributed by atoms with Crippen molar-refractivity contribution in [2.45, 2.75) is 20.1 Å². The van der Waals surface area contributed by atoms with E-state index in [-0.39, 0.29) is 17.6 Å². The van der Waals surface area contributed by atoms with Crippen LogP contribution in [0.2, 0.25) is 5.02 Å². The second-order valence-electron chi connectivity index (χ2n) is 7.95. The summed E-state index contributed by atoms with van der Waals surface area (Å²) < 4.78 is 11.6. The molecule has 1 atom stereocenters. The Kier molecular flexibility index (Phi) is 5.93. The Labute approximate surface area is 206 Å². The molecule has 174 valence electrons. The molecule has 1 aromatic heterocycles. The summed E-state index contributed by atoms with van der Waals surface area (Å²) in [5.74, 6) is -0.469. The largest absolute Gasteiger partial charge is 0.446 e. The van der Waals surface area contributed by atoms with Gasteiger partial charge in [0.25, 0.3) is 0 Å². The van der Waals surface area contributed by atoms with Crippen LogP contribution in [0.5, 0.6) is 5.75 Å². The van der Waals surface area contributed by atoms with E-state index in [1.54, 1.807) is 18.2 Å². The topological polar surface area (TPSA) is 81.1 Å². The Morgan fingerprint density at radius 3 is 2.46 bits per heavy atom. The molecule has 0 radical (unpaired) electrons. The maximum Gasteiger partial charge on any atom is 0.308 e. The summed E-state index contributed by atoms with van der Waals surface area (Å²) in [6.45, 7) is 2.71. The molecule has 1 aliphatic rings. The van der Waals surface area contributed by atoms with Gasteiger partial charge in [-0.25, -0.2) is 4.98 Å². The summed E-state index contributed by atoms with van der Waals surface area (Å²) in [7, 11) is 0. The quantitative estimate of drug-likeness (QED) is 0.273. The van der Waals surface area contributed by atoms with Crippen molar-refractivity contribution in [1.82, 2.24) is 9.99 Å². The van der Waals surface area contributed by atoms with Crippen molar-refractivity contribution in [1.29, 1.82) is 0 Å². The lowest BCUT2D eigenvalue weighted by molar-refractivity contribution is -0.135. The average molecular weight is 486 g/mol. The number of carbonyl (C=O) groups excluding carboxylic acids is 2. The Hall–Kier alpha value is -4.23. The van der Waals surface area contributed by atoms with Crippen molar-refractivity contribution >= 4 is 40.3 Å². The van der Waals surface area contributed by atoms with Crippen molar-refractivity contribution in [3.8, 4) is 17.0 Å². The maximum absolute atomic E-state index is 12.6. The maximum atomic E-state index is 12.6. The van der Waals surface area contributed by atoms with E-state index in [1.165, 1.54) is 18.9 Å². The van der Waals surface area contributed by atoms with Crippen LogP contribution < -0.4 is 4.74 Å². The molecule has 2 heterocycles. The number of ether oxygens (including phenoxy) is 2. The summed E-state index contributed by atoms with van der Waals surface area (Å²) in [4.78, 5) is 29.1. The molecule has 0 bridgehead atoms. The summed E-state index contributed by atoms with van der Waals surface area (Å²) in [5.41, 5.74) is 3.51. The van der Waals surface area contributed by atoms with E-state index in [0.717, 1.165) is 27.7 Å². The number of amides is 1. The predicted molar refractivity (Wildman–Crippen MR) is 133 cm³/mol. The normalized spacial score (nSPS) is 15.0. The van der Waals surface area contributed by atoms with Gasteiger partial charge in [-0.15, -0.1) is 5.10 Å². The smallest absolute Gasteiger partial charge is 0.308 e. The Balaban J connectivity index is 1.64. The van der Waals surface area contributed by atoms with Crippen molar-refractivity contribution in [2.24, 2.45) is 5.10 Å². The van der Waals surface area contributed by atoms with Crippen LogP contribution in [-0.4, -0.2) is 27.8 Å². The zero-order valence-corrected chi connectivity index (χ0v) is 19.7. The number of carbonyl (C=O) groups is 2. The van der Waals surface area contributed by atoms with E-state index in [2.05, 4.69) is 5.10 Å². The van der Waals surface area contributed by atoms with Gasteiger partial charge in [-0.3, -0.25) is 9.59 Å². The number of rotatable bonds is 4. The molecule has 7 nitrogen and oxygen atoms in total. The number of hydrogen-bond acceptors (Lipinski definition) is 6. The molecule has 0 saturated carbocycles. The number of pyridine rings is 1. The van der Waals surface area contributed by atoms with Crippen molar-refractivity contribution in [3.63, 3.8) is 0 Å².